The number of para-hydroxylation sites is 1. The van der Waals surface area contributed by atoms with Gasteiger partial charge in [-0.2, -0.15) is 5.26 Å². The van der Waals surface area contributed by atoms with E-state index in [0.717, 1.165) is 54.8 Å². The van der Waals surface area contributed by atoms with Crippen LogP contribution in [0.3, 0.4) is 0 Å². The molecule has 172 valence electrons. The molecule has 6 rings (SSSR count). The van der Waals surface area contributed by atoms with Gasteiger partial charge in [0, 0.05) is 33.0 Å². The molecule has 0 aliphatic rings. The van der Waals surface area contributed by atoms with Gasteiger partial charge in [0.25, 0.3) is 0 Å². The van der Waals surface area contributed by atoms with Crippen LogP contribution in [0.4, 0.5) is 0 Å². The van der Waals surface area contributed by atoms with Gasteiger partial charge in [-0.15, -0.1) is 0 Å². The molecule has 0 saturated carbocycles. The number of fused-ring (bicyclic) bond motifs is 2. The van der Waals surface area contributed by atoms with Crippen LogP contribution < -0.4 is 4.74 Å². The minimum absolute atomic E-state index is 0.634. The Bertz CT molecular complexity index is 1750. The summed E-state index contributed by atoms with van der Waals surface area (Å²) in [5, 5.41) is 12.3. The highest BCUT2D eigenvalue weighted by atomic mass is 32.2. The summed E-state index contributed by atoms with van der Waals surface area (Å²) in [5.41, 5.74) is 6.62. The molecule has 2 aromatic heterocycles. The summed E-state index contributed by atoms with van der Waals surface area (Å²) < 4.78 is 7.63. The molecule has 0 amide bonds. The van der Waals surface area contributed by atoms with E-state index < -0.39 is 0 Å². The fourth-order valence-electron chi connectivity index (χ4n) is 4.66. The molecule has 0 fully saturated rings. The summed E-state index contributed by atoms with van der Waals surface area (Å²) in [6.45, 7) is 0. The summed E-state index contributed by atoms with van der Waals surface area (Å²) in [7, 11) is 1.67. The van der Waals surface area contributed by atoms with E-state index in [4.69, 9.17) is 4.74 Å². The molecular weight excluding hydrogens is 462 g/mol. The second kappa shape index (κ2) is 9.26. The lowest BCUT2D eigenvalue weighted by Gasteiger charge is -2.14. The summed E-state index contributed by atoms with van der Waals surface area (Å²) >= 11 is 1.66. The maximum absolute atomic E-state index is 10.3. The smallest absolute Gasteiger partial charge is 0.118 e. The third-order valence-corrected chi connectivity index (χ3v) is 7.35. The normalized spacial score (nSPS) is 11.0. The minimum atomic E-state index is 0.634. The fourth-order valence-corrected chi connectivity index (χ4v) is 5.67. The quantitative estimate of drug-likeness (QED) is 0.250. The zero-order valence-corrected chi connectivity index (χ0v) is 20.4. The summed E-state index contributed by atoms with van der Waals surface area (Å²) in [5.74, 6) is 0.823. The molecule has 0 radical (unpaired) electrons. The Morgan fingerprint density at radius 3 is 2.33 bits per heavy atom. The molecule has 0 aliphatic heterocycles. The monoisotopic (exact) mass is 483 g/mol. The molecule has 0 aliphatic carbocycles. The number of hydrogen-bond acceptors (Lipinski definition) is 4. The van der Waals surface area contributed by atoms with Crippen LogP contribution in [0, 0.1) is 11.3 Å². The maximum atomic E-state index is 10.3. The van der Waals surface area contributed by atoms with Gasteiger partial charge >= 0.3 is 0 Å². The van der Waals surface area contributed by atoms with Gasteiger partial charge in [0.05, 0.1) is 29.4 Å². The first-order chi connectivity index (χ1) is 17.8. The number of aromatic nitrogens is 2. The van der Waals surface area contributed by atoms with Gasteiger partial charge in [-0.25, -0.2) is 0 Å². The van der Waals surface area contributed by atoms with E-state index in [1.807, 2.05) is 42.5 Å². The molecule has 0 saturated heterocycles. The number of nitriles is 1. The predicted molar refractivity (Wildman–Crippen MR) is 147 cm³/mol. The van der Waals surface area contributed by atoms with Crippen LogP contribution in [0.15, 0.2) is 114 Å². The van der Waals surface area contributed by atoms with Crippen molar-refractivity contribution in [3.63, 3.8) is 0 Å². The van der Waals surface area contributed by atoms with E-state index in [0.29, 0.717) is 5.56 Å². The Morgan fingerprint density at radius 1 is 0.806 bits per heavy atom. The van der Waals surface area contributed by atoms with E-state index in [9.17, 15) is 5.26 Å². The van der Waals surface area contributed by atoms with Crippen LogP contribution in [0.1, 0.15) is 5.56 Å². The first-order valence-electron chi connectivity index (χ1n) is 11.6. The van der Waals surface area contributed by atoms with Gasteiger partial charge in [0.2, 0.25) is 0 Å². The first-order valence-corrected chi connectivity index (χ1v) is 12.4. The number of pyridine rings is 1. The van der Waals surface area contributed by atoms with Crippen molar-refractivity contribution in [3.8, 4) is 34.2 Å². The van der Waals surface area contributed by atoms with Crippen molar-refractivity contribution in [2.75, 3.05) is 7.11 Å². The number of benzene rings is 4. The second-order valence-corrected chi connectivity index (χ2v) is 9.36. The molecule has 6 aromatic rings. The van der Waals surface area contributed by atoms with E-state index in [-0.39, 0.29) is 0 Å². The van der Waals surface area contributed by atoms with Gasteiger partial charge < -0.3 is 4.74 Å². The van der Waals surface area contributed by atoms with Crippen molar-refractivity contribution in [1.82, 2.24) is 8.96 Å². The van der Waals surface area contributed by atoms with Crippen molar-refractivity contribution < 1.29 is 4.74 Å². The molecule has 5 heteroatoms. The van der Waals surface area contributed by atoms with E-state index in [1.54, 1.807) is 25.3 Å². The standard InChI is InChI=1S/C31H21N3OS/c1-35-22-13-15-23(16-14-22)36-34-29-12-6-5-10-26(29)30(31(34)21-8-3-2-4-9-21)25-17-18-28-24(27(25)20-32)11-7-19-33-28/h2-19H,1H3. The van der Waals surface area contributed by atoms with Crippen molar-refractivity contribution in [2.45, 2.75) is 4.90 Å². The van der Waals surface area contributed by atoms with Gasteiger partial charge in [-0.05, 0) is 66.0 Å². The van der Waals surface area contributed by atoms with Crippen LogP contribution in [0.2, 0.25) is 0 Å². The Hall–Kier alpha value is -4.53. The Morgan fingerprint density at radius 2 is 1.56 bits per heavy atom. The number of nitrogens with zero attached hydrogens (tertiary/aromatic N) is 3. The molecular formula is C31H21N3OS. The summed E-state index contributed by atoms with van der Waals surface area (Å²) in [4.78, 5) is 5.56. The van der Waals surface area contributed by atoms with Gasteiger partial charge in [0.1, 0.15) is 11.8 Å². The molecule has 0 unspecified atom stereocenters. The van der Waals surface area contributed by atoms with Gasteiger partial charge in [0.15, 0.2) is 0 Å². The largest absolute Gasteiger partial charge is 0.497 e. The van der Waals surface area contributed by atoms with Crippen molar-refractivity contribution in [1.29, 1.82) is 5.26 Å². The number of methoxy groups -OCH3 is 1. The van der Waals surface area contributed by atoms with Crippen LogP contribution >= 0.6 is 11.9 Å². The van der Waals surface area contributed by atoms with Crippen molar-refractivity contribution in [3.05, 3.63) is 115 Å². The summed E-state index contributed by atoms with van der Waals surface area (Å²) in [6.07, 6.45) is 1.76. The van der Waals surface area contributed by atoms with E-state index in [2.05, 4.69) is 75.7 Å². The molecule has 4 nitrogen and oxygen atoms in total. The van der Waals surface area contributed by atoms with Crippen LogP contribution in [0.5, 0.6) is 5.75 Å². The highest BCUT2D eigenvalue weighted by molar-refractivity contribution is 7.98. The SMILES string of the molecule is COc1ccc(Sn2c(-c3ccccc3)c(-c3ccc4ncccc4c3C#N)c3ccccc32)cc1. The third-order valence-electron chi connectivity index (χ3n) is 6.30. The van der Waals surface area contributed by atoms with Crippen molar-refractivity contribution in [2.24, 2.45) is 0 Å². The molecule has 0 bridgehead atoms. The van der Waals surface area contributed by atoms with Crippen LogP contribution in [-0.4, -0.2) is 16.1 Å². The summed E-state index contributed by atoms with van der Waals surface area (Å²) in [6, 6.07) is 37.2. The topological polar surface area (TPSA) is 50.8 Å². The number of hydrogen-bond donors (Lipinski definition) is 0. The first kappa shape index (κ1) is 22.0. The van der Waals surface area contributed by atoms with Gasteiger partial charge in [-0.3, -0.25) is 8.96 Å². The Labute approximate surface area is 213 Å². The lowest BCUT2D eigenvalue weighted by molar-refractivity contribution is 0.414. The fraction of sp³-hybridized carbons (Fsp3) is 0.0323. The van der Waals surface area contributed by atoms with E-state index >= 15 is 0 Å². The molecule has 0 atom stereocenters. The number of rotatable bonds is 5. The van der Waals surface area contributed by atoms with Crippen molar-refractivity contribution >= 4 is 33.8 Å². The predicted octanol–water partition coefficient (Wildman–Crippen LogP) is 7.96. The zero-order chi connectivity index (χ0) is 24.5. The highest BCUT2D eigenvalue weighted by Crippen LogP contribution is 2.46. The van der Waals surface area contributed by atoms with Gasteiger partial charge in [-0.1, -0.05) is 54.6 Å². The Kier molecular flexibility index (Phi) is 5.65. The second-order valence-electron chi connectivity index (χ2n) is 8.34. The molecule has 36 heavy (non-hydrogen) atoms. The highest BCUT2D eigenvalue weighted by Gasteiger charge is 2.23. The third kappa shape index (κ3) is 3.69. The maximum Gasteiger partial charge on any atom is 0.118 e. The van der Waals surface area contributed by atoms with E-state index in [1.165, 1.54) is 0 Å². The zero-order valence-electron chi connectivity index (χ0n) is 19.6. The Balaban J connectivity index is 1.69. The minimum Gasteiger partial charge on any atom is -0.497 e. The number of ether oxygens (including phenoxy) is 1. The molecule has 4 aromatic carbocycles. The lowest BCUT2D eigenvalue weighted by Crippen LogP contribution is -1.94. The average Bonchev–Trinajstić information content (AvgIpc) is 3.27. The lowest BCUT2D eigenvalue weighted by atomic mass is 9.93. The molecule has 0 spiro atoms. The molecule has 2 heterocycles. The van der Waals surface area contributed by atoms with Crippen LogP contribution in [-0.2, 0) is 0 Å². The molecule has 0 N–H and O–H groups in total. The van der Waals surface area contributed by atoms with Crippen LogP contribution in [0.25, 0.3) is 44.2 Å². The average molecular weight is 484 g/mol.